The lowest BCUT2D eigenvalue weighted by Crippen LogP contribution is -2.41. The van der Waals surface area contributed by atoms with E-state index in [0.717, 1.165) is 23.2 Å². The van der Waals surface area contributed by atoms with Crippen molar-refractivity contribution in [3.05, 3.63) is 35.8 Å². The van der Waals surface area contributed by atoms with E-state index in [1.165, 1.54) is 6.20 Å². The molecule has 0 aliphatic heterocycles. The molecule has 0 spiro atoms. The average Bonchev–Trinajstić information content (AvgIpc) is 3.03. The van der Waals surface area contributed by atoms with Gasteiger partial charge in [-0.15, -0.1) is 29.9 Å². The second-order valence-electron chi connectivity index (χ2n) is 5.99. The van der Waals surface area contributed by atoms with E-state index >= 15 is 0 Å². The molecule has 2 aromatic rings. The highest BCUT2D eigenvalue weighted by Crippen LogP contribution is 2.28. The van der Waals surface area contributed by atoms with Crippen LogP contribution in [0, 0.1) is 5.92 Å². The molecule has 3 N–H and O–H groups in total. The third kappa shape index (κ3) is 6.96. The SMILES string of the molecule is CC(C)CC(CN)NC(=O)c1cn(-c2ccc(C(F)(F)F)cn2)nn1.Cl.Cl. The molecular formula is C15H21Cl2F3N6O. The minimum Gasteiger partial charge on any atom is -0.347 e. The molecule has 1 atom stereocenters. The lowest BCUT2D eigenvalue weighted by atomic mass is 10.0. The molecule has 0 radical (unpaired) electrons. The molecule has 0 saturated carbocycles. The minimum absolute atomic E-state index is 0. The van der Waals surface area contributed by atoms with Gasteiger partial charge in [0.15, 0.2) is 11.5 Å². The summed E-state index contributed by atoms with van der Waals surface area (Å²) in [5.74, 6) is 0.0345. The van der Waals surface area contributed by atoms with Crippen LogP contribution in [0.4, 0.5) is 13.2 Å². The van der Waals surface area contributed by atoms with Gasteiger partial charge < -0.3 is 11.1 Å². The Bertz CT molecular complexity index is 721. The quantitative estimate of drug-likeness (QED) is 0.736. The van der Waals surface area contributed by atoms with E-state index in [-0.39, 0.29) is 42.4 Å². The summed E-state index contributed by atoms with van der Waals surface area (Å²) in [6, 6.07) is 1.85. The maximum absolute atomic E-state index is 12.5. The Labute approximate surface area is 166 Å². The van der Waals surface area contributed by atoms with Crippen LogP contribution < -0.4 is 11.1 Å². The number of aromatic nitrogens is 4. The molecule has 0 fully saturated rings. The summed E-state index contributed by atoms with van der Waals surface area (Å²) >= 11 is 0. The molecule has 0 aliphatic rings. The predicted octanol–water partition coefficient (Wildman–Crippen LogP) is 2.63. The molecule has 2 aromatic heterocycles. The number of hydrogen-bond acceptors (Lipinski definition) is 5. The molecule has 12 heteroatoms. The van der Waals surface area contributed by atoms with Gasteiger partial charge in [0, 0.05) is 18.8 Å². The van der Waals surface area contributed by atoms with Gasteiger partial charge >= 0.3 is 6.18 Å². The van der Waals surface area contributed by atoms with Crippen molar-refractivity contribution in [3.63, 3.8) is 0 Å². The van der Waals surface area contributed by atoms with E-state index in [2.05, 4.69) is 20.6 Å². The standard InChI is InChI=1S/C15H19F3N6O.2ClH/c1-9(2)5-11(6-19)21-14(25)12-8-24(23-22-12)13-4-3-10(7-20-13)15(16,17)18;;/h3-4,7-9,11H,5-6,19H2,1-2H3,(H,21,25);2*1H. The Kier molecular flexibility index (Phi) is 9.69. The molecule has 0 aliphatic carbocycles. The van der Waals surface area contributed by atoms with Crippen molar-refractivity contribution in [2.45, 2.75) is 32.5 Å². The second-order valence-corrected chi connectivity index (χ2v) is 5.99. The van der Waals surface area contributed by atoms with Crippen LogP contribution in [0.5, 0.6) is 0 Å². The van der Waals surface area contributed by atoms with Crippen LogP contribution in [-0.4, -0.2) is 38.5 Å². The molecule has 0 saturated heterocycles. The number of nitrogens with zero attached hydrogens (tertiary/aromatic N) is 4. The van der Waals surface area contributed by atoms with Crippen molar-refractivity contribution >= 4 is 30.7 Å². The third-order valence-corrected chi connectivity index (χ3v) is 3.41. The van der Waals surface area contributed by atoms with E-state index in [4.69, 9.17) is 5.73 Å². The number of hydrogen-bond donors (Lipinski definition) is 2. The molecule has 27 heavy (non-hydrogen) atoms. The smallest absolute Gasteiger partial charge is 0.347 e. The highest BCUT2D eigenvalue weighted by atomic mass is 35.5. The molecule has 2 rings (SSSR count). The largest absolute Gasteiger partial charge is 0.417 e. The first kappa shape index (κ1) is 25.1. The number of halogens is 5. The summed E-state index contributed by atoms with van der Waals surface area (Å²) in [4.78, 5) is 15.9. The molecule has 1 unspecified atom stereocenters. The number of pyridine rings is 1. The maximum atomic E-state index is 12.5. The first-order chi connectivity index (χ1) is 11.7. The minimum atomic E-state index is -4.47. The van der Waals surface area contributed by atoms with Crippen LogP contribution in [0.25, 0.3) is 5.82 Å². The van der Waals surface area contributed by atoms with E-state index in [0.29, 0.717) is 18.7 Å². The zero-order chi connectivity index (χ0) is 18.6. The number of rotatable bonds is 6. The van der Waals surface area contributed by atoms with E-state index in [1.807, 2.05) is 13.8 Å². The fourth-order valence-electron chi connectivity index (χ4n) is 2.21. The first-order valence-electron chi connectivity index (χ1n) is 7.67. The average molecular weight is 429 g/mol. The maximum Gasteiger partial charge on any atom is 0.417 e. The molecular weight excluding hydrogens is 408 g/mol. The molecule has 0 bridgehead atoms. The lowest BCUT2D eigenvalue weighted by molar-refractivity contribution is -0.137. The van der Waals surface area contributed by atoms with Gasteiger partial charge in [-0.3, -0.25) is 4.79 Å². The number of alkyl halides is 3. The van der Waals surface area contributed by atoms with Gasteiger partial charge in [-0.05, 0) is 24.5 Å². The van der Waals surface area contributed by atoms with Crippen LogP contribution in [0.3, 0.4) is 0 Å². The van der Waals surface area contributed by atoms with Crippen molar-refractivity contribution in [1.29, 1.82) is 0 Å². The highest BCUT2D eigenvalue weighted by molar-refractivity contribution is 5.92. The van der Waals surface area contributed by atoms with Crippen molar-refractivity contribution in [2.24, 2.45) is 11.7 Å². The zero-order valence-electron chi connectivity index (χ0n) is 14.6. The Morgan fingerprint density at radius 1 is 1.30 bits per heavy atom. The van der Waals surface area contributed by atoms with Gasteiger partial charge in [0.1, 0.15) is 0 Å². The van der Waals surface area contributed by atoms with Gasteiger partial charge in [0.05, 0.1) is 11.8 Å². The Morgan fingerprint density at radius 3 is 2.44 bits per heavy atom. The van der Waals surface area contributed by atoms with Crippen molar-refractivity contribution in [2.75, 3.05) is 6.54 Å². The van der Waals surface area contributed by atoms with Crippen molar-refractivity contribution in [1.82, 2.24) is 25.3 Å². The molecule has 0 aromatic carbocycles. The van der Waals surface area contributed by atoms with Crippen LogP contribution >= 0.6 is 24.8 Å². The number of nitrogens with one attached hydrogen (secondary N) is 1. The summed E-state index contributed by atoms with van der Waals surface area (Å²) in [6.45, 7) is 4.32. The summed E-state index contributed by atoms with van der Waals surface area (Å²) in [5.41, 5.74) is 4.80. The van der Waals surface area contributed by atoms with Crippen molar-refractivity contribution < 1.29 is 18.0 Å². The van der Waals surface area contributed by atoms with Crippen LogP contribution in [0.2, 0.25) is 0 Å². The van der Waals surface area contributed by atoms with Crippen LogP contribution in [0.15, 0.2) is 24.5 Å². The fourth-order valence-corrected chi connectivity index (χ4v) is 2.21. The number of amides is 1. The second kappa shape index (κ2) is 10.4. The molecule has 2 heterocycles. The Balaban J connectivity index is 0.00000338. The molecule has 152 valence electrons. The van der Waals surface area contributed by atoms with E-state index in [9.17, 15) is 18.0 Å². The monoisotopic (exact) mass is 428 g/mol. The molecule has 1 amide bonds. The summed E-state index contributed by atoms with van der Waals surface area (Å²) in [6.07, 6.45) is -1.75. The third-order valence-electron chi connectivity index (χ3n) is 3.41. The number of nitrogens with two attached hydrogens (primary N) is 1. The van der Waals surface area contributed by atoms with Crippen LogP contribution in [0.1, 0.15) is 36.3 Å². The summed E-state index contributed by atoms with van der Waals surface area (Å²) in [7, 11) is 0. The van der Waals surface area contributed by atoms with Gasteiger partial charge in [-0.1, -0.05) is 19.1 Å². The lowest BCUT2D eigenvalue weighted by Gasteiger charge is -2.17. The summed E-state index contributed by atoms with van der Waals surface area (Å²) < 4.78 is 38.8. The number of carbonyl (C=O) groups excluding carboxylic acids is 1. The van der Waals surface area contributed by atoms with Crippen molar-refractivity contribution in [3.8, 4) is 5.82 Å². The zero-order valence-corrected chi connectivity index (χ0v) is 16.2. The van der Waals surface area contributed by atoms with Gasteiger partial charge in [0.25, 0.3) is 5.91 Å². The van der Waals surface area contributed by atoms with E-state index in [1.54, 1.807) is 0 Å². The fraction of sp³-hybridized carbons (Fsp3) is 0.467. The van der Waals surface area contributed by atoms with Crippen LogP contribution in [-0.2, 0) is 6.18 Å². The topological polar surface area (TPSA) is 98.7 Å². The van der Waals surface area contributed by atoms with E-state index < -0.39 is 17.6 Å². The van der Waals surface area contributed by atoms with Gasteiger partial charge in [-0.25, -0.2) is 9.67 Å². The summed E-state index contributed by atoms with van der Waals surface area (Å²) in [5, 5.41) is 10.2. The highest BCUT2D eigenvalue weighted by Gasteiger charge is 2.30. The number of carbonyl (C=O) groups is 1. The van der Waals surface area contributed by atoms with Gasteiger partial charge in [-0.2, -0.15) is 13.2 Å². The Hall–Kier alpha value is -1.91. The Morgan fingerprint density at radius 2 is 1.96 bits per heavy atom. The molecule has 7 nitrogen and oxygen atoms in total. The first-order valence-corrected chi connectivity index (χ1v) is 7.67. The normalized spacial score (nSPS) is 12.1. The predicted molar refractivity (Wildman–Crippen MR) is 98.4 cm³/mol. The van der Waals surface area contributed by atoms with Gasteiger partial charge in [0.2, 0.25) is 0 Å².